The van der Waals surface area contributed by atoms with Gasteiger partial charge in [0.05, 0.1) is 25.4 Å². The molecule has 0 bridgehead atoms. The molecule has 1 amide bonds. The number of allylic oxidation sites excluding steroid dienone is 4. The Labute approximate surface area is 475 Å². The number of ether oxygens (including phenoxy) is 1. The molecule has 2 unspecified atom stereocenters. The van der Waals surface area contributed by atoms with Gasteiger partial charge in [0.1, 0.15) is 0 Å². The van der Waals surface area contributed by atoms with Crippen LogP contribution in [0.4, 0.5) is 0 Å². The first kappa shape index (κ1) is 74.3. The average Bonchev–Trinajstić information content (AvgIpc) is 3.42. The minimum atomic E-state index is -0.663. The van der Waals surface area contributed by atoms with E-state index in [2.05, 4.69) is 43.5 Å². The van der Waals surface area contributed by atoms with Crippen molar-refractivity contribution in [2.45, 2.75) is 398 Å². The highest BCUT2D eigenvalue weighted by Crippen LogP contribution is 2.19. The third-order valence-corrected chi connectivity index (χ3v) is 16.3. The number of amides is 1. The van der Waals surface area contributed by atoms with E-state index in [9.17, 15) is 19.8 Å². The van der Waals surface area contributed by atoms with Crippen LogP contribution in [0, 0.1) is 0 Å². The summed E-state index contributed by atoms with van der Waals surface area (Å²) in [6.07, 6.45) is 82.1. The van der Waals surface area contributed by atoms with E-state index in [1.807, 2.05) is 0 Å². The maximum absolute atomic E-state index is 12.5. The maximum Gasteiger partial charge on any atom is 0.305 e. The van der Waals surface area contributed by atoms with Crippen molar-refractivity contribution in [2.75, 3.05) is 13.2 Å². The summed E-state index contributed by atoms with van der Waals surface area (Å²) in [4.78, 5) is 24.6. The Morgan fingerprint density at radius 2 is 0.658 bits per heavy atom. The molecular formula is C70H135NO5. The minimum Gasteiger partial charge on any atom is -0.466 e. The molecule has 0 radical (unpaired) electrons. The van der Waals surface area contributed by atoms with Crippen LogP contribution in [0.2, 0.25) is 0 Å². The van der Waals surface area contributed by atoms with Crippen molar-refractivity contribution < 1.29 is 24.5 Å². The standard InChI is InChI=1S/C70H135NO5/c1-3-5-7-9-11-13-15-17-19-31-34-38-42-46-50-54-58-62-68(73)67(66-72)71-69(74)63-59-55-51-47-43-39-35-32-29-27-25-23-21-22-24-26-28-30-33-37-41-45-49-53-57-61-65-76-70(75)64-60-56-52-48-44-40-36-20-18-16-14-12-10-8-6-4-2/h14,16,20,36,67-68,72-73H,3-13,15,17-19,21-35,37-66H2,1-2H3,(H,71,74)/b16-14-,36-20-. The van der Waals surface area contributed by atoms with Crippen LogP contribution in [0.25, 0.3) is 0 Å². The molecule has 76 heavy (non-hydrogen) atoms. The van der Waals surface area contributed by atoms with Crippen LogP contribution < -0.4 is 5.32 Å². The SMILES string of the molecule is CCCCCC/C=C\C/C=C\CCCCCCCC(=O)OCCCCCCCCCCCCCCCCCCCCCCCCCCCCC(=O)NC(CO)C(O)CCCCCCCCCCCCCCCCCCC. The first-order valence-electron chi connectivity index (χ1n) is 34.6. The van der Waals surface area contributed by atoms with Crippen molar-refractivity contribution in [1.29, 1.82) is 0 Å². The number of unbranched alkanes of at least 4 members (excludes halogenated alkanes) is 50. The van der Waals surface area contributed by atoms with Crippen molar-refractivity contribution in [2.24, 2.45) is 0 Å². The third-order valence-electron chi connectivity index (χ3n) is 16.3. The van der Waals surface area contributed by atoms with Gasteiger partial charge in [-0.15, -0.1) is 0 Å². The van der Waals surface area contributed by atoms with Crippen LogP contribution >= 0.6 is 0 Å². The number of hydrogen-bond donors (Lipinski definition) is 3. The Morgan fingerprint density at radius 1 is 0.368 bits per heavy atom. The van der Waals surface area contributed by atoms with E-state index in [1.165, 1.54) is 302 Å². The molecule has 0 spiro atoms. The highest BCUT2D eigenvalue weighted by Gasteiger charge is 2.20. The highest BCUT2D eigenvalue weighted by atomic mass is 16.5. The zero-order chi connectivity index (χ0) is 55.0. The van der Waals surface area contributed by atoms with Crippen molar-refractivity contribution in [3.05, 3.63) is 24.3 Å². The fraction of sp³-hybridized carbons (Fsp3) is 0.914. The second-order valence-corrected chi connectivity index (χ2v) is 23.9. The maximum atomic E-state index is 12.5. The molecule has 0 aliphatic rings. The number of hydrogen-bond acceptors (Lipinski definition) is 5. The summed E-state index contributed by atoms with van der Waals surface area (Å²) in [5.41, 5.74) is 0. The molecule has 0 rings (SSSR count). The number of esters is 1. The predicted molar refractivity (Wildman–Crippen MR) is 333 cm³/mol. The molecule has 6 nitrogen and oxygen atoms in total. The highest BCUT2D eigenvalue weighted by molar-refractivity contribution is 5.76. The number of aliphatic hydroxyl groups is 2. The largest absolute Gasteiger partial charge is 0.466 e. The summed E-state index contributed by atoms with van der Waals surface area (Å²) in [7, 11) is 0. The lowest BCUT2D eigenvalue weighted by molar-refractivity contribution is -0.143. The summed E-state index contributed by atoms with van der Waals surface area (Å²) < 4.78 is 5.49. The summed E-state index contributed by atoms with van der Waals surface area (Å²) in [5.74, 6) is -0.0249. The van der Waals surface area contributed by atoms with Crippen LogP contribution in [0.3, 0.4) is 0 Å². The molecule has 0 aromatic heterocycles. The zero-order valence-electron chi connectivity index (χ0n) is 51.5. The quantitative estimate of drug-likeness (QED) is 0.0320. The number of rotatable bonds is 65. The Balaban J connectivity index is 3.35. The fourth-order valence-electron chi connectivity index (χ4n) is 11.0. The van der Waals surface area contributed by atoms with Gasteiger partial charge >= 0.3 is 5.97 Å². The van der Waals surface area contributed by atoms with Gasteiger partial charge in [-0.3, -0.25) is 9.59 Å². The smallest absolute Gasteiger partial charge is 0.305 e. The molecule has 3 N–H and O–H groups in total. The van der Waals surface area contributed by atoms with Crippen LogP contribution in [0.1, 0.15) is 386 Å². The molecule has 0 aromatic carbocycles. The molecule has 2 atom stereocenters. The Hall–Kier alpha value is -1.66. The van der Waals surface area contributed by atoms with Gasteiger partial charge in [-0.1, -0.05) is 340 Å². The third kappa shape index (κ3) is 61.6. The summed E-state index contributed by atoms with van der Waals surface area (Å²) in [5, 5.41) is 23.4. The van der Waals surface area contributed by atoms with Gasteiger partial charge in [-0.2, -0.15) is 0 Å². The number of carbonyl (C=O) groups excluding carboxylic acids is 2. The molecule has 0 aliphatic carbocycles. The number of nitrogens with one attached hydrogen (secondary N) is 1. The van der Waals surface area contributed by atoms with Gasteiger partial charge < -0.3 is 20.3 Å². The Bertz CT molecular complexity index is 1190. The molecule has 450 valence electrons. The van der Waals surface area contributed by atoms with Gasteiger partial charge in [-0.25, -0.2) is 0 Å². The Kier molecular flexibility index (Phi) is 64.4. The van der Waals surface area contributed by atoms with Crippen molar-refractivity contribution in [3.8, 4) is 0 Å². The molecule has 0 aliphatic heterocycles. The first-order valence-corrected chi connectivity index (χ1v) is 34.6. The second-order valence-electron chi connectivity index (χ2n) is 23.9. The molecular weight excluding hydrogens is 935 g/mol. The predicted octanol–water partition coefficient (Wildman–Crippen LogP) is 22.1. The summed E-state index contributed by atoms with van der Waals surface area (Å²) in [6, 6.07) is -0.540. The van der Waals surface area contributed by atoms with Crippen molar-refractivity contribution in [3.63, 3.8) is 0 Å². The average molecular weight is 1070 g/mol. The monoisotopic (exact) mass is 1070 g/mol. The van der Waals surface area contributed by atoms with E-state index in [4.69, 9.17) is 4.74 Å². The van der Waals surface area contributed by atoms with Gasteiger partial charge in [0.2, 0.25) is 5.91 Å². The number of carbonyl (C=O) groups is 2. The van der Waals surface area contributed by atoms with Crippen LogP contribution in [-0.2, 0) is 14.3 Å². The van der Waals surface area contributed by atoms with E-state index in [0.717, 1.165) is 51.4 Å². The Morgan fingerprint density at radius 3 is 1.01 bits per heavy atom. The van der Waals surface area contributed by atoms with Gasteiger partial charge in [-0.05, 0) is 57.8 Å². The first-order chi connectivity index (χ1) is 37.5. The summed E-state index contributed by atoms with van der Waals surface area (Å²) >= 11 is 0. The van der Waals surface area contributed by atoms with E-state index >= 15 is 0 Å². The molecule has 0 saturated heterocycles. The molecule has 0 saturated carbocycles. The molecule has 0 aromatic rings. The topological polar surface area (TPSA) is 95.9 Å². The summed E-state index contributed by atoms with van der Waals surface area (Å²) in [6.45, 7) is 4.96. The lowest BCUT2D eigenvalue weighted by Crippen LogP contribution is -2.45. The lowest BCUT2D eigenvalue weighted by atomic mass is 10.0. The number of aliphatic hydroxyl groups excluding tert-OH is 2. The second kappa shape index (κ2) is 65.9. The van der Waals surface area contributed by atoms with Gasteiger partial charge in [0.15, 0.2) is 0 Å². The van der Waals surface area contributed by atoms with Crippen LogP contribution in [0.15, 0.2) is 24.3 Å². The molecule has 0 heterocycles. The van der Waals surface area contributed by atoms with E-state index < -0.39 is 12.1 Å². The van der Waals surface area contributed by atoms with E-state index in [-0.39, 0.29) is 18.5 Å². The fourth-order valence-corrected chi connectivity index (χ4v) is 11.0. The van der Waals surface area contributed by atoms with Crippen LogP contribution in [0.5, 0.6) is 0 Å². The minimum absolute atomic E-state index is 0.00449. The van der Waals surface area contributed by atoms with Crippen molar-refractivity contribution in [1.82, 2.24) is 5.32 Å². The zero-order valence-corrected chi connectivity index (χ0v) is 51.5. The van der Waals surface area contributed by atoms with Gasteiger partial charge in [0, 0.05) is 12.8 Å². The van der Waals surface area contributed by atoms with Crippen LogP contribution in [-0.4, -0.2) is 47.4 Å². The lowest BCUT2D eigenvalue weighted by Gasteiger charge is -2.22. The van der Waals surface area contributed by atoms with E-state index in [1.54, 1.807) is 0 Å². The normalized spacial score (nSPS) is 12.6. The molecule has 6 heteroatoms. The van der Waals surface area contributed by atoms with Gasteiger partial charge in [0.25, 0.3) is 0 Å². The molecule has 0 fully saturated rings. The van der Waals surface area contributed by atoms with Crippen molar-refractivity contribution >= 4 is 11.9 Å². The van der Waals surface area contributed by atoms with E-state index in [0.29, 0.717) is 25.9 Å².